The highest BCUT2D eigenvalue weighted by atomic mass is 19.1. The molecule has 0 saturated carbocycles. The van der Waals surface area contributed by atoms with Gasteiger partial charge in [-0.15, -0.1) is 0 Å². The summed E-state index contributed by atoms with van der Waals surface area (Å²) in [6.45, 7) is -0.0935. The number of likely N-dealkylation sites (N-methyl/N-ethyl adjacent to an activating group) is 1. The molecule has 16 heavy (non-hydrogen) atoms. The first-order valence-corrected chi connectivity index (χ1v) is 4.84. The fourth-order valence-electron chi connectivity index (χ4n) is 1.14. The second kappa shape index (κ2) is 5.85. The van der Waals surface area contributed by atoms with Gasteiger partial charge in [-0.25, -0.2) is 4.39 Å². The largest absolute Gasteiger partial charge is 0.358 e. The first-order valence-electron chi connectivity index (χ1n) is 4.84. The normalized spacial score (nSPS) is 9.62. The van der Waals surface area contributed by atoms with Crippen LogP contribution in [-0.2, 0) is 16.0 Å². The van der Waals surface area contributed by atoms with Gasteiger partial charge in [-0.05, 0) is 11.6 Å². The highest BCUT2D eigenvalue weighted by Gasteiger charge is 2.08. The Morgan fingerprint density at radius 2 is 1.94 bits per heavy atom. The van der Waals surface area contributed by atoms with Crippen molar-refractivity contribution in [1.29, 1.82) is 0 Å². The van der Waals surface area contributed by atoms with Crippen molar-refractivity contribution in [2.45, 2.75) is 6.42 Å². The van der Waals surface area contributed by atoms with Crippen LogP contribution in [0.3, 0.4) is 0 Å². The second-order valence-electron chi connectivity index (χ2n) is 3.22. The lowest BCUT2D eigenvalue weighted by Crippen LogP contribution is -2.36. The van der Waals surface area contributed by atoms with Crippen LogP contribution >= 0.6 is 0 Å². The topological polar surface area (TPSA) is 58.2 Å². The van der Waals surface area contributed by atoms with Crippen molar-refractivity contribution in [3.05, 3.63) is 35.6 Å². The highest BCUT2D eigenvalue weighted by molar-refractivity contribution is 5.85. The summed E-state index contributed by atoms with van der Waals surface area (Å²) in [5, 5.41) is 4.76. The molecular formula is C11H13FN2O2. The highest BCUT2D eigenvalue weighted by Crippen LogP contribution is 2.06. The van der Waals surface area contributed by atoms with E-state index in [1.54, 1.807) is 12.1 Å². The Kier molecular flexibility index (Phi) is 4.44. The third-order valence-corrected chi connectivity index (χ3v) is 2.03. The van der Waals surface area contributed by atoms with Gasteiger partial charge in [0.05, 0.1) is 13.0 Å². The van der Waals surface area contributed by atoms with Gasteiger partial charge in [0.25, 0.3) is 0 Å². The number of benzene rings is 1. The fourth-order valence-corrected chi connectivity index (χ4v) is 1.14. The summed E-state index contributed by atoms with van der Waals surface area (Å²) >= 11 is 0. The van der Waals surface area contributed by atoms with E-state index >= 15 is 0 Å². The maximum absolute atomic E-state index is 13.2. The average molecular weight is 224 g/mol. The lowest BCUT2D eigenvalue weighted by molar-refractivity contribution is -0.125. The maximum Gasteiger partial charge on any atom is 0.239 e. The predicted octanol–water partition coefficient (Wildman–Crippen LogP) is 0.230. The van der Waals surface area contributed by atoms with E-state index in [0.717, 1.165) is 0 Å². The van der Waals surface area contributed by atoms with E-state index in [4.69, 9.17) is 0 Å². The molecule has 0 aliphatic heterocycles. The molecule has 4 nitrogen and oxygen atoms in total. The minimum absolute atomic E-state index is 0.0658. The van der Waals surface area contributed by atoms with E-state index in [9.17, 15) is 14.0 Å². The van der Waals surface area contributed by atoms with E-state index in [-0.39, 0.29) is 24.8 Å². The summed E-state index contributed by atoms with van der Waals surface area (Å²) in [4.78, 5) is 22.2. The van der Waals surface area contributed by atoms with Gasteiger partial charge in [-0.3, -0.25) is 9.59 Å². The maximum atomic E-state index is 13.2. The van der Waals surface area contributed by atoms with E-state index in [1.807, 2.05) is 0 Å². The van der Waals surface area contributed by atoms with E-state index in [2.05, 4.69) is 10.6 Å². The number of nitrogens with one attached hydrogen (secondary N) is 2. The van der Waals surface area contributed by atoms with Gasteiger partial charge in [0.1, 0.15) is 5.82 Å². The summed E-state index contributed by atoms with van der Waals surface area (Å²) in [6.07, 6.45) is -0.0658. The average Bonchev–Trinajstić information content (AvgIpc) is 2.29. The Bertz CT molecular complexity index is 393. The first-order chi connectivity index (χ1) is 7.63. The van der Waals surface area contributed by atoms with Gasteiger partial charge in [0.2, 0.25) is 11.8 Å². The number of carbonyl (C=O) groups is 2. The second-order valence-corrected chi connectivity index (χ2v) is 3.22. The van der Waals surface area contributed by atoms with Crippen molar-refractivity contribution in [1.82, 2.24) is 10.6 Å². The smallest absolute Gasteiger partial charge is 0.239 e. The van der Waals surface area contributed by atoms with E-state index in [0.29, 0.717) is 5.56 Å². The van der Waals surface area contributed by atoms with Crippen LogP contribution in [0.4, 0.5) is 4.39 Å². The first kappa shape index (κ1) is 12.2. The summed E-state index contributed by atoms with van der Waals surface area (Å²) in [7, 11) is 1.48. The van der Waals surface area contributed by atoms with Crippen LogP contribution in [0.5, 0.6) is 0 Å². The van der Waals surface area contributed by atoms with E-state index in [1.165, 1.54) is 19.2 Å². The Morgan fingerprint density at radius 3 is 2.56 bits per heavy atom. The van der Waals surface area contributed by atoms with Crippen molar-refractivity contribution in [3.8, 4) is 0 Å². The molecule has 0 heterocycles. The van der Waals surface area contributed by atoms with Crippen molar-refractivity contribution in [2.24, 2.45) is 0 Å². The number of halogens is 1. The SMILES string of the molecule is CNC(=O)CNC(=O)Cc1ccccc1F. The van der Waals surface area contributed by atoms with Crippen molar-refractivity contribution < 1.29 is 14.0 Å². The number of hydrogen-bond donors (Lipinski definition) is 2. The molecule has 0 bridgehead atoms. The van der Waals surface area contributed by atoms with Crippen LogP contribution in [0.25, 0.3) is 0 Å². The molecular weight excluding hydrogens is 211 g/mol. The molecule has 0 radical (unpaired) electrons. The van der Waals surface area contributed by atoms with Crippen LogP contribution in [-0.4, -0.2) is 25.4 Å². The van der Waals surface area contributed by atoms with Gasteiger partial charge >= 0.3 is 0 Å². The van der Waals surface area contributed by atoms with Gasteiger partial charge in [-0.1, -0.05) is 18.2 Å². The summed E-state index contributed by atoms with van der Waals surface area (Å²) < 4.78 is 13.2. The fraction of sp³-hybridized carbons (Fsp3) is 0.273. The summed E-state index contributed by atoms with van der Waals surface area (Å²) in [6, 6.07) is 6.04. The molecule has 0 aliphatic carbocycles. The molecule has 5 heteroatoms. The van der Waals surface area contributed by atoms with Gasteiger partial charge in [-0.2, -0.15) is 0 Å². The number of amides is 2. The Balaban J connectivity index is 2.46. The molecule has 2 N–H and O–H groups in total. The Morgan fingerprint density at radius 1 is 1.25 bits per heavy atom. The predicted molar refractivity (Wildman–Crippen MR) is 57.2 cm³/mol. The number of carbonyl (C=O) groups excluding carboxylic acids is 2. The molecule has 1 aromatic rings. The van der Waals surface area contributed by atoms with Gasteiger partial charge in [0, 0.05) is 7.05 Å². The number of hydrogen-bond acceptors (Lipinski definition) is 2. The Labute approximate surface area is 92.8 Å². The minimum atomic E-state index is -0.419. The molecule has 2 amide bonds. The molecule has 0 unspecified atom stereocenters. The van der Waals surface area contributed by atoms with Crippen LogP contribution in [0.15, 0.2) is 24.3 Å². The third kappa shape index (κ3) is 3.68. The lowest BCUT2D eigenvalue weighted by Gasteiger charge is -2.04. The van der Waals surface area contributed by atoms with Crippen LogP contribution < -0.4 is 10.6 Å². The van der Waals surface area contributed by atoms with Crippen LogP contribution in [0.1, 0.15) is 5.56 Å². The summed E-state index contributed by atoms with van der Waals surface area (Å²) in [5.41, 5.74) is 0.317. The van der Waals surface area contributed by atoms with Gasteiger partial charge in [0.15, 0.2) is 0 Å². The molecule has 0 spiro atoms. The number of rotatable bonds is 4. The minimum Gasteiger partial charge on any atom is -0.358 e. The molecule has 0 atom stereocenters. The third-order valence-electron chi connectivity index (χ3n) is 2.03. The molecule has 1 rings (SSSR count). The van der Waals surface area contributed by atoms with Crippen molar-refractivity contribution >= 4 is 11.8 Å². The van der Waals surface area contributed by atoms with Crippen LogP contribution in [0.2, 0.25) is 0 Å². The molecule has 0 saturated heterocycles. The van der Waals surface area contributed by atoms with Crippen molar-refractivity contribution in [2.75, 3.05) is 13.6 Å². The molecule has 1 aromatic carbocycles. The van der Waals surface area contributed by atoms with Gasteiger partial charge < -0.3 is 10.6 Å². The Hall–Kier alpha value is -1.91. The molecule has 0 aromatic heterocycles. The zero-order valence-electron chi connectivity index (χ0n) is 8.92. The van der Waals surface area contributed by atoms with Crippen molar-refractivity contribution in [3.63, 3.8) is 0 Å². The zero-order chi connectivity index (χ0) is 12.0. The molecule has 0 aliphatic rings. The molecule has 0 fully saturated rings. The van der Waals surface area contributed by atoms with Crippen LogP contribution in [0, 0.1) is 5.82 Å². The lowest BCUT2D eigenvalue weighted by atomic mass is 10.1. The molecule has 86 valence electrons. The quantitative estimate of drug-likeness (QED) is 0.769. The van der Waals surface area contributed by atoms with E-state index < -0.39 is 5.82 Å². The standard InChI is InChI=1S/C11H13FN2O2/c1-13-11(16)7-14-10(15)6-8-4-2-3-5-9(8)12/h2-5H,6-7H2,1H3,(H,13,16)(H,14,15). The monoisotopic (exact) mass is 224 g/mol. The zero-order valence-corrected chi connectivity index (χ0v) is 8.92. The summed E-state index contributed by atoms with van der Waals surface area (Å²) in [5.74, 6) is -1.09.